The molecule has 144 valence electrons. The minimum Gasteiger partial charge on any atom is -0.367 e. The van der Waals surface area contributed by atoms with Gasteiger partial charge in [-0.3, -0.25) is 19.1 Å². The standard InChI is InChI=1S/C18H20N8O2/c1-13-10-18(28)26(12-22-13)11-17(27)21-9-8-20-15-2-3-16(25-24-15)23-14-4-6-19-7-5-14/h2-7,10,12H,8-9,11H2,1H3,(H,20,24)(H,21,27)(H,19,23,25). The molecule has 3 rings (SSSR count). The fraction of sp³-hybridized carbons (Fsp3) is 0.222. The van der Waals surface area contributed by atoms with Gasteiger partial charge in [-0.1, -0.05) is 0 Å². The van der Waals surface area contributed by atoms with Crippen LogP contribution in [0.25, 0.3) is 0 Å². The number of nitrogens with zero attached hydrogens (tertiary/aromatic N) is 5. The lowest BCUT2D eigenvalue weighted by Crippen LogP contribution is -2.34. The van der Waals surface area contributed by atoms with Crippen LogP contribution in [-0.2, 0) is 11.3 Å². The largest absolute Gasteiger partial charge is 0.367 e. The van der Waals surface area contributed by atoms with Gasteiger partial charge in [0.15, 0.2) is 5.82 Å². The average molecular weight is 380 g/mol. The van der Waals surface area contributed by atoms with Crippen LogP contribution >= 0.6 is 0 Å². The lowest BCUT2D eigenvalue weighted by Gasteiger charge is -2.09. The van der Waals surface area contributed by atoms with E-state index in [0.29, 0.717) is 30.4 Å². The molecule has 10 heteroatoms. The molecule has 0 unspecified atom stereocenters. The van der Waals surface area contributed by atoms with Crippen LogP contribution in [0.4, 0.5) is 17.3 Å². The smallest absolute Gasteiger partial charge is 0.253 e. The number of hydrogen-bond donors (Lipinski definition) is 3. The molecule has 0 aromatic carbocycles. The summed E-state index contributed by atoms with van der Waals surface area (Å²) in [6, 6.07) is 8.64. The summed E-state index contributed by atoms with van der Waals surface area (Å²) in [5.41, 5.74) is 1.24. The van der Waals surface area contributed by atoms with Gasteiger partial charge in [-0.15, -0.1) is 10.2 Å². The highest BCUT2D eigenvalue weighted by molar-refractivity contribution is 5.75. The van der Waals surface area contributed by atoms with E-state index in [1.165, 1.54) is 17.0 Å². The molecule has 0 aliphatic rings. The van der Waals surface area contributed by atoms with Gasteiger partial charge in [-0.05, 0) is 31.2 Å². The molecule has 0 atom stereocenters. The minimum atomic E-state index is -0.266. The number of carbonyl (C=O) groups excluding carboxylic acids is 1. The van der Waals surface area contributed by atoms with Gasteiger partial charge in [-0.25, -0.2) is 4.98 Å². The van der Waals surface area contributed by atoms with Crippen molar-refractivity contribution in [3.05, 3.63) is 65.1 Å². The predicted octanol–water partition coefficient (Wildman–Crippen LogP) is 0.709. The third kappa shape index (κ3) is 5.59. The van der Waals surface area contributed by atoms with E-state index in [1.807, 2.05) is 12.1 Å². The Morgan fingerprint density at radius 2 is 1.82 bits per heavy atom. The maximum atomic E-state index is 11.9. The molecule has 3 heterocycles. The molecule has 1 amide bonds. The van der Waals surface area contributed by atoms with Crippen molar-refractivity contribution in [3.8, 4) is 0 Å². The van der Waals surface area contributed by atoms with Gasteiger partial charge in [0.1, 0.15) is 12.4 Å². The second-order valence-corrected chi connectivity index (χ2v) is 5.94. The van der Waals surface area contributed by atoms with Crippen molar-refractivity contribution in [1.29, 1.82) is 0 Å². The zero-order valence-electron chi connectivity index (χ0n) is 15.3. The second kappa shape index (κ2) is 9.21. The Hall–Kier alpha value is -3.82. The second-order valence-electron chi connectivity index (χ2n) is 5.94. The highest BCUT2D eigenvalue weighted by Crippen LogP contribution is 2.13. The van der Waals surface area contributed by atoms with Crippen molar-refractivity contribution in [2.24, 2.45) is 0 Å². The molecule has 0 spiro atoms. The van der Waals surface area contributed by atoms with Gasteiger partial charge in [0, 0.05) is 42.9 Å². The molecule has 28 heavy (non-hydrogen) atoms. The first-order valence-corrected chi connectivity index (χ1v) is 8.64. The Labute approximate surface area is 161 Å². The summed E-state index contributed by atoms with van der Waals surface area (Å²) in [7, 11) is 0. The molecular weight excluding hydrogens is 360 g/mol. The first-order valence-electron chi connectivity index (χ1n) is 8.64. The Kier molecular flexibility index (Phi) is 6.24. The van der Waals surface area contributed by atoms with Crippen LogP contribution in [0.15, 0.2) is 53.8 Å². The number of aryl methyl sites for hydroxylation is 1. The third-order valence-electron chi connectivity index (χ3n) is 3.70. The van der Waals surface area contributed by atoms with Crippen molar-refractivity contribution < 1.29 is 4.79 Å². The zero-order valence-corrected chi connectivity index (χ0v) is 15.3. The van der Waals surface area contributed by atoms with Crippen LogP contribution in [0.5, 0.6) is 0 Å². The molecule has 0 aliphatic heterocycles. The molecule has 0 bridgehead atoms. The summed E-state index contributed by atoms with van der Waals surface area (Å²) in [6.07, 6.45) is 4.74. The number of rotatable bonds is 8. The maximum Gasteiger partial charge on any atom is 0.253 e. The number of carbonyl (C=O) groups is 1. The monoisotopic (exact) mass is 380 g/mol. The van der Waals surface area contributed by atoms with Gasteiger partial charge in [0.25, 0.3) is 5.56 Å². The van der Waals surface area contributed by atoms with Crippen LogP contribution in [0.2, 0.25) is 0 Å². The molecule has 0 saturated carbocycles. The average Bonchev–Trinajstić information content (AvgIpc) is 2.69. The van der Waals surface area contributed by atoms with E-state index in [1.54, 1.807) is 31.5 Å². The molecule has 0 saturated heterocycles. The van der Waals surface area contributed by atoms with Crippen LogP contribution in [-0.4, -0.2) is 43.7 Å². The SMILES string of the molecule is Cc1cc(=O)n(CC(=O)NCCNc2ccc(Nc3ccncc3)nn2)cn1. The molecule has 0 aliphatic carbocycles. The van der Waals surface area contributed by atoms with Gasteiger partial charge in [0.05, 0.1) is 6.33 Å². The Morgan fingerprint density at radius 3 is 2.54 bits per heavy atom. The number of nitrogens with one attached hydrogen (secondary N) is 3. The van der Waals surface area contributed by atoms with Crippen molar-refractivity contribution in [1.82, 2.24) is 30.0 Å². The summed E-state index contributed by atoms with van der Waals surface area (Å²) < 4.78 is 1.26. The van der Waals surface area contributed by atoms with Crippen molar-refractivity contribution >= 4 is 23.2 Å². The summed E-state index contributed by atoms with van der Waals surface area (Å²) in [6.45, 7) is 2.51. The van der Waals surface area contributed by atoms with E-state index in [4.69, 9.17) is 0 Å². The quantitative estimate of drug-likeness (QED) is 0.488. The fourth-order valence-corrected chi connectivity index (χ4v) is 2.31. The number of aromatic nitrogens is 5. The molecule has 0 fully saturated rings. The lowest BCUT2D eigenvalue weighted by molar-refractivity contribution is -0.121. The molecular formula is C18H20N8O2. The zero-order chi connectivity index (χ0) is 19.8. The van der Waals surface area contributed by atoms with Crippen LogP contribution in [0, 0.1) is 6.92 Å². The molecule has 0 radical (unpaired) electrons. The van der Waals surface area contributed by atoms with E-state index in [9.17, 15) is 9.59 Å². The fourth-order valence-electron chi connectivity index (χ4n) is 2.31. The first-order chi connectivity index (χ1) is 13.6. The lowest BCUT2D eigenvalue weighted by atomic mass is 10.4. The topological polar surface area (TPSA) is 127 Å². The maximum absolute atomic E-state index is 11.9. The van der Waals surface area contributed by atoms with E-state index < -0.39 is 0 Å². The van der Waals surface area contributed by atoms with E-state index in [0.717, 1.165) is 5.69 Å². The van der Waals surface area contributed by atoms with Crippen LogP contribution < -0.4 is 21.5 Å². The number of hydrogen-bond acceptors (Lipinski definition) is 8. The Morgan fingerprint density at radius 1 is 1.07 bits per heavy atom. The number of pyridine rings is 1. The predicted molar refractivity (Wildman–Crippen MR) is 104 cm³/mol. The Bertz CT molecular complexity index is 973. The third-order valence-corrected chi connectivity index (χ3v) is 3.70. The normalized spacial score (nSPS) is 10.3. The highest BCUT2D eigenvalue weighted by atomic mass is 16.2. The highest BCUT2D eigenvalue weighted by Gasteiger charge is 2.05. The van der Waals surface area contributed by atoms with Gasteiger partial charge < -0.3 is 16.0 Å². The van der Waals surface area contributed by atoms with Gasteiger partial charge >= 0.3 is 0 Å². The molecule has 3 aromatic rings. The van der Waals surface area contributed by atoms with Crippen molar-refractivity contribution in [2.75, 3.05) is 23.7 Å². The summed E-state index contributed by atoms with van der Waals surface area (Å²) in [5, 5.41) is 17.1. The van der Waals surface area contributed by atoms with Gasteiger partial charge in [-0.2, -0.15) is 0 Å². The number of anilines is 3. The van der Waals surface area contributed by atoms with Crippen molar-refractivity contribution in [3.63, 3.8) is 0 Å². The molecule has 3 aromatic heterocycles. The van der Waals surface area contributed by atoms with E-state index >= 15 is 0 Å². The minimum absolute atomic E-state index is 0.0682. The summed E-state index contributed by atoms with van der Waals surface area (Å²) in [4.78, 5) is 31.6. The molecule has 3 N–H and O–H groups in total. The summed E-state index contributed by atoms with van der Waals surface area (Å²) >= 11 is 0. The summed E-state index contributed by atoms with van der Waals surface area (Å²) in [5.74, 6) is 0.938. The van der Waals surface area contributed by atoms with Crippen LogP contribution in [0.3, 0.4) is 0 Å². The van der Waals surface area contributed by atoms with E-state index in [2.05, 4.69) is 36.1 Å². The Balaban J connectivity index is 1.40. The van der Waals surface area contributed by atoms with Gasteiger partial charge in [0.2, 0.25) is 5.91 Å². The van der Waals surface area contributed by atoms with Crippen molar-refractivity contribution in [2.45, 2.75) is 13.5 Å². The number of amides is 1. The first kappa shape index (κ1) is 19.0. The molecule has 10 nitrogen and oxygen atoms in total. The van der Waals surface area contributed by atoms with E-state index in [-0.39, 0.29) is 18.0 Å². The van der Waals surface area contributed by atoms with Crippen LogP contribution in [0.1, 0.15) is 5.69 Å².